The Balaban J connectivity index is 1.55. The van der Waals surface area contributed by atoms with E-state index in [0.717, 1.165) is 34.4 Å². The monoisotopic (exact) mass is 422 g/mol. The zero-order chi connectivity index (χ0) is 22.0. The molecule has 3 fully saturated rings. The fourth-order valence-corrected chi connectivity index (χ4v) is 5.06. The molecule has 3 aliphatic heterocycles. The fourth-order valence-electron chi connectivity index (χ4n) is 5.06. The molecule has 2 bridgehead atoms. The lowest BCUT2D eigenvalue weighted by atomic mass is 9.81. The maximum Gasteiger partial charge on any atom is 0.275 e. The highest BCUT2D eigenvalue weighted by molar-refractivity contribution is 6.23. The molecule has 0 radical (unpaired) electrons. The SMILES string of the molecule is Cc1cc(C)c(C)c(Oc2cc(N3C(=O)[C@@H]4[C@@H](C3=O)[C@H]3CC[C@H]4O3)cc([N+](=O)[O-])c2)c1. The van der Waals surface area contributed by atoms with Gasteiger partial charge in [0.25, 0.3) is 5.69 Å². The molecule has 160 valence electrons. The molecule has 3 heterocycles. The molecule has 5 rings (SSSR count). The molecule has 3 saturated heterocycles. The number of aryl methyl sites for hydroxylation is 2. The third kappa shape index (κ3) is 3.01. The summed E-state index contributed by atoms with van der Waals surface area (Å²) >= 11 is 0. The van der Waals surface area contributed by atoms with Crippen molar-refractivity contribution in [3.8, 4) is 11.5 Å². The van der Waals surface area contributed by atoms with E-state index in [9.17, 15) is 19.7 Å². The van der Waals surface area contributed by atoms with Gasteiger partial charge >= 0.3 is 0 Å². The number of amides is 2. The van der Waals surface area contributed by atoms with Crippen LogP contribution in [0, 0.1) is 42.7 Å². The Hall–Kier alpha value is -3.26. The summed E-state index contributed by atoms with van der Waals surface area (Å²) in [5.74, 6) is -0.930. The predicted octanol–water partition coefficient (Wildman–Crippen LogP) is 3.98. The first-order valence-corrected chi connectivity index (χ1v) is 10.3. The minimum absolute atomic E-state index is 0.162. The molecule has 3 aliphatic rings. The largest absolute Gasteiger partial charge is 0.457 e. The lowest BCUT2D eigenvalue weighted by molar-refractivity contribution is -0.384. The average molecular weight is 422 g/mol. The van der Waals surface area contributed by atoms with E-state index in [2.05, 4.69) is 0 Å². The summed E-state index contributed by atoms with van der Waals surface area (Å²) in [6.45, 7) is 5.81. The average Bonchev–Trinajstić information content (AvgIpc) is 3.39. The van der Waals surface area contributed by atoms with E-state index >= 15 is 0 Å². The molecule has 8 heteroatoms. The number of fused-ring (bicyclic) bond motifs is 5. The fraction of sp³-hybridized carbons (Fsp3) is 0.391. The molecule has 0 aromatic heterocycles. The first-order valence-electron chi connectivity index (χ1n) is 10.3. The molecule has 31 heavy (non-hydrogen) atoms. The first kappa shape index (κ1) is 19.7. The smallest absolute Gasteiger partial charge is 0.275 e. The van der Waals surface area contributed by atoms with Crippen molar-refractivity contribution >= 4 is 23.2 Å². The number of hydrogen-bond donors (Lipinski definition) is 0. The number of non-ortho nitro benzene ring substituents is 1. The maximum absolute atomic E-state index is 13.1. The van der Waals surface area contributed by atoms with Crippen LogP contribution in [0.2, 0.25) is 0 Å². The highest BCUT2D eigenvalue weighted by atomic mass is 16.6. The minimum Gasteiger partial charge on any atom is -0.457 e. The zero-order valence-corrected chi connectivity index (χ0v) is 17.5. The van der Waals surface area contributed by atoms with Crippen LogP contribution in [0.4, 0.5) is 11.4 Å². The van der Waals surface area contributed by atoms with Gasteiger partial charge in [-0.15, -0.1) is 0 Å². The quantitative estimate of drug-likeness (QED) is 0.420. The van der Waals surface area contributed by atoms with Gasteiger partial charge in [-0.05, 0) is 56.4 Å². The van der Waals surface area contributed by atoms with Gasteiger partial charge in [-0.1, -0.05) is 6.07 Å². The molecule has 2 amide bonds. The van der Waals surface area contributed by atoms with E-state index < -0.39 is 16.8 Å². The number of rotatable bonds is 4. The topological polar surface area (TPSA) is 99.0 Å². The van der Waals surface area contributed by atoms with E-state index in [4.69, 9.17) is 9.47 Å². The van der Waals surface area contributed by atoms with Crippen LogP contribution in [0.1, 0.15) is 29.5 Å². The Labute approximate surface area is 178 Å². The third-order valence-electron chi connectivity index (χ3n) is 6.62. The standard InChI is InChI=1S/C23H22N2O6/c1-11-6-12(2)13(3)19(7-11)30-16-9-14(8-15(10-16)25(28)29)24-22(26)20-17-4-5-18(31-17)21(20)23(24)27/h6-10,17-18,20-21H,4-5H2,1-3H3/t17-,18-,20+,21+/m1/s1. The van der Waals surface area contributed by atoms with Gasteiger partial charge in [-0.25, -0.2) is 4.90 Å². The van der Waals surface area contributed by atoms with E-state index in [0.29, 0.717) is 5.75 Å². The summed E-state index contributed by atoms with van der Waals surface area (Å²) in [6.07, 6.45) is 1.02. The molecule has 0 aliphatic carbocycles. The Bertz CT molecular complexity index is 1120. The summed E-state index contributed by atoms with van der Waals surface area (Å²) in [5.41, 5.74) is 2.86. The highest BCUT2D eigenvalue weighted by Crippen LogP contribution is 2.50. The van der Waals surface area contributed by atoms with E-state index in [1.54, 1.807) is 0 Å². The summed E-state index contributed by atoms with van der Waals surface area (Å²) in [5, 5.41) is 11.6. The minimum atomic E-state index is -0.552. The number of carbonyl (C=O) groups is 2. The van der Waals surface area contributed by atoms with Gasteiger partial charge in [0, 0.05) is 12.1 Å². The molecule has 0 unspecified atom stereocenters. The Morgan fingerprint density at radius 2 is 1.65 bits per heavy atom. The number of carbonyl (C=O) groups excluding carboxylic acids is 2. The van der Waals surface area contributed by atoms with E-state index in [1.165, 1.54) is 18.2 Å². The van der Waals surface area contributed by atoms with Crippen LogP contribution in [-0.4, -0.2) is 28.9 Å². The second kappa shape index (κ2) is 6.88. The molecule has 4 atom stereocenters. The van der Waals surface area contributed by atoms with Gasteiger partial charge < -0.3 is 9.47 Å². The van der Waals surface area contributed by atoms with Gasteiger partial charge in [-0.3, -0.25) is 19.7 Å². The number of imide groups is 1. The first-order chi connectivity index (χ1) is 14.7. The molecule has 0 spiro atoms. The van der Waals surface area contributed by atoms with Gasteiger partial charge in [0.1, 0.15) is 11.5 Å². The van der Waals surface area contributed by atoms with Crippen LogP contribution < -0.4 is 9.64 Å². The van der Waals surface area contributed by atoms with Crippen LogP contribution in [0.15, 0.2) is 30.3 Å². The van der Waals surface area contributed by atoms with Crippen LogP contribution >= 0.6 is 0 Å². The van der Waals surface area contributed by atoms with Crippen molar-refractivity contribution in [2.45, 2.75) is 45.8 Å². The van der Waals surface area contributed by atoms with Crippen molar-refractivity contribution in [3.05, 3.63) is 57.1 Å². The predicted molar refractivity (Wildman–Crippen MR) is 111 cm³/mol. The van der Waals surface area contributed by atoms with Crippen molar-refractivity contribution < 1.29 is 24.0 Å². The van der Waals surface area contributed by atoms with Crippen LogP contribution in [0.3, 0.4) is 0 Å². The van der Waals surface area contributed by atoms with Crippen molar-refractivity contribution in [2.24, 2.45) is 11.8 Å². The lowest BCUT2D eigenvalue weighted by Crippen LogP contribution is -2.34. The third-order valence-corrected chi connectivity index (χ3v) is 6.62. The summed E-state index contributed by atoms with van der Waals surface area (Å²) in [7, 11) is 0. The second-order valence-electron chi connectivity index (χ2n) is 8.60. The normalized spacial score (nSPS) is 26.5. The molecule has 0 N–H and O–H groups in total. The van der Waals surface area contributed by atoms with Crippen molar-refractivity contribution in [1.29, 1.82) is 0 Å². The Morgan fingerprint density at radius 1 is 1.00 bits per heavy atom. The number of benzene rings is 2. The van der Waals surface area contributed by atoms with Gasteiger partial charge in [-0.2, -0.15) is 0 Å². The number of hydrogen-bond acceptors (Lipinski definition) is 6. The molecular formula is C23H22N2O6. The number of nitrogens with zero attached hydrogens (tertiary/aromatic N) is 2. The number of nitro groups is 1. The van der Waals surface area contributed by atoms with Crippen molar-refractivity contribution in [1.82, 2.24) is 0 Å². The molecule has 0 saturated carbocycles. The zero-order valence-electron chi connectivity index (χ0n) is 17.5. The van der Waals surface area contributed by atoms with Gasteiger partial charge in [0.2, 0.25) is 11.8 Å². The molecule has 2 aromatic carbocycles. The Kier molecular flexibility index (Phi) is 4.37. The molecular weight excluding hydrogens is 400 g/mol. The van der Waals surface area contributed by atoms with Gasteiger partial charge in [0.15, 0.2) is 0 Å². The number of nitro benzene ring substituents is 1. The number of anilines is 1. The highest BCUT2D eigenvalue weighted by Gasteiger charge is 2.62. The Morgan fingerprint density at radius 3 is 2.26 bits per heavy atom. The van der Waals surface area contributed by atoms with Crippen LogP contribution in [-0.2, 0) is 14.3 Å². The molecule has 8 nitrogen and oxygen atoms in total. The van der Waals surface area contributed by atoms with Crippen molar-refractivity contribution in [3.63, 3.8) is 0 Å². The summed E-state index contributed by atoms with van der Waals surface area (Å²) in [6, 6.07) is 7.95. The number of ether oxygens (including phenoxy) is 2. The van der Waals surface area contributed by atoms with E-state index in [1.807, 2.05) is 32.9 Å². The second-order valence-corrected chi connectivity index (χ2v) is 8.60. The lowest BCUT2D eigenvalue weighted by Gasteiger charge is -2.19. The van der Waals surface area contributed by atoms with Crippen LogP contribution in [0.5, 0.6) is 11.5 Å². The summed E-state index contributed by atoms with van der Waals surface area (Å²) < 4.78 is 11.8. The summed E-state index contributed by atoms with van der Waals surface area (Å²) in [4.78, 5) is 38.3. The molecule has 2 aromatic rings. The van der Waals surface area contributed by atoms with Crippen molar-refractivity contribution in [2.75, 3.05) is 4.90 Å². The van der Waals surface area contributed by atoms with Gasteiger partial charge in [0.05, 0.1) is 40.7 Å². The van der Waals surface area contributed by atoms with Crippen LogP contribution in [0.25, 0.3) is 0 Å². The maximum atomic E-state index is 13.1. The van der Waals surface area contributed by atoms with E-state index in [-0.39, 0.29) is 41.1 Å².